The molecule has 2 aliphatic heterocycles. The molecule has 6 rings (SSSR count). The van der Waals surface area contributed by atoms with Gasteiger partial charge in [-0.3, -0.25) is 4.79 Å². The SMILES string of the molecule is COC(=O)N=C(N)c1ccc2cc(S(=O)(=O)N3CCN(C(=O)c4nc5c(s4)CNC(C)C5)C(CCc4nn[nH]n4)C3)ccc2c1. The molecule has 4 heterocycles. The Hall–Kier alpha value is -4.32. The second-order valence-electron chi connectivity index (χ2n) is 10.9. The van der Waals surface area contributed by atoms with Gasteiger partial charge in [0.2, 0.25) is 10.0 Å². The van der Waals surface area contributed by atoms with E-state index in [9.17, 15) is 18.0 Å². The second-order valence-corrected chi connectivity index (χ2v) is 14.0. The van der Waals surface area contributed by atoms with Gasteiger partial charge >= 0.3 is 6.09 Å². The number of nitrogens with one attached hydrogen (secondary N) is 2. The minimum atomic E-state index is -3.91. The standard InChI is InChI=1S/C28H32N10O5S2/c1-16-11-22-23(14-30-16)44-26(31-22)27(39)38-10-9-37(15-20(38)6-8-24-33-35-36-34-24)45(41,42)21-7-5-17-12-19(4-3-18(17)13-21)25(29)32-28(40)43-2/h3-5,7,12-13,16,20,30H,6,8-11,14-15H2,1-2H3,(H2,29,32,40)(H,33,34,35,36). The number of thiazole rings is 1. The Morgan fingerprint density at radius 2 is 1.98 bits per heavy atom. The van der Waals surface area contributed by atoms with Crippen molar-refractivity contribution in [3.05, 3.63) is 63.4 Å². The van der Waals surface area contributed by atoms with E-state index in [-0.39, 0.29) is 42.3 Å². The van der Waals surface area contributed by atoms with E-state index < -0.39 is 22.2 Å². The molecule has 2 aromatic heterocycles. The van der Waals surface area contributed by atoms with Crippen LogP contribution in [0.15, 0.2) is 46.3 Å². The number of hydrogen-bond acceptors (Lipinski definition) is 11. The van der Waals surface area contributed by atoms with Gasteiger partial charge in [0.25, 0.3) is 5.91 Å². The molecule has 1 saturated heterocycles. The number of ether oxygens (including phenoxy) is 1. The number of aromatic nitrogens is 5. The predicted molar refractivity (Wildman–Crippen MR) is 165 cm³/mol. The number of H-pyrrole nitrogens is 1. The fourth-order valence-corrected chi connectivity index (χ4v) is 8.07. The number of nitrogens with zero attached hydrogens (tertiary/aromatic N) is 7. The molecule has 0 saturated carbocycles. The van der Waals surface area contributed by atoms with Crippen LogP contribution in [0.2, 0.25) is 0 Å². The molecule has 2 amide bonds. The summed E-state index contributed by atoms with van der Waals surface area (Å²) >= 11 is 1.39. The fourth-order valence-electron chi connectivity index (χ4n) is 5.57. The van der Waals surface area contributed by atoms with Crippen molar-refractivity contribution >= 4 is 50.0 Å². The summed E-state index contributed by atoms with van der Waals surface area (Å²) in [5.41, 5.74) is 7.37. The first kappa shape index (κ1) is 30.7. The molecule has 1 fully saturated rings. The van der Waals surface area contributed by atoms with E-state index in [1.807, 2.05) is 0 Å². The number of carbonyl (C=O) groups is 2. The molecule has 0 bridgehead atoms. The third-order valence-corrected chi connectivity index (χ3v) is 10.9. The second kappa shape index (κ2) is 12.6. The smallest absolute Gasteiger partial charge is 0.435 e. The highest BCUT2D eigenvalue weighted by Gasteiger charge is 2.38. The number of aryl methyl sites for hydroxylation is 1. The molecule has 236 valence electrons. The van der Waals surface area contributed by atoms with Crippen molar-refractivity contribution in [3.63, 3.8) is 0 Å². The lowest BCUT2D eigenvalue weighted by molar-refractivity contribution is 0.0550. The molecule has 2 unspecified atom stereocenters. The average molecular weight is 653 g/mol. The minimum Gasteiger partial charge on any atom is -0.451 e. The average Bonchev–Trinajstić information content (AvgIpc) is 3.72. The highest BCUT2D eigenvalue weighted by molar-refractivity contribution is 7.89. The van der Waals surface area contributed by atoms with Crippen molar-refractivity contribution in [2.75, 3.05) is 26.7 Å². The number of amidine groups is 1. The number of nitrogens with two attached hydrogens (primary N) is 1. The van der Waals surface area contributed by atoms with Gasteiger partial charge in [0, 0.05) is 61.5 Å². The summed E-state index contributed by atoms with van der Waals surface area (Å²) in [6.45, 7) is 3.21. The first-order valence-electron chi connectivity index (χ1n) is 14.3. The summed E-state index contributed by atoms with van der Waals surface area (Å²) < 4.78 is 33.8. The van der Waals surface area contributed by atoms with E-state index in [4.69, 9.17) is 5.73 Å². The molecule has 0 aliphatic carbocycles. The summed E-state index contributed by atoms with van der Waals surface area (Å²) in [6.07, 6.45) is 0.795. The van der Waals surface area contributed by atoms with Crippen molar-refractivity contribution in [3.8, 4) is 0 Å². The van der Waals surface area contributed by atoms with Crippen LogP contribution < -0.4 is 11.1 Å². The molecule has 0 radical (unpaired) electrons. The summed E-state index contributed by atoms with van der Waals surface area (Å²) in [7, 11) is -2.70. The van der Waals surface area contributed by atoms with Gasteiger partial charge in [-0.1, -0.05) is 23.4 Å². The summed E-state index contributed by atoms with van der Waals surface area (Å²) in [5.74, 6) is 0.274. The molecule has 2 aromatic carbocycles. The number of tetrazole rings is 1. The Balaban J connectivity index is 1.24. The zero-order valence-electron chi connectivity index (χ0n) is 24.6. The highest BCUT2D eigenvalue weighted by Crippen LogP contribution is 2.29. The van der Waals surface area contributed by atoms with E-state index in [0.29, 0.717) is 41.2 Å². The van der Waals surface area contributed by atoms with Crippen molar-refractivity contribution in [2.45, 2.75) is 49.7 Å². The maximum atomic E-state index is 13.9. The molecular formula is C28H32N10O5S2. The molecule has 2 aliphatic rings. The molecule has 0 spiro atoms. The molecule has 2 atom stereocenters. The van der Waals surface area contributed by atoms with Crippen molar-refractivity contribution in [2.24, 2.45) is 10.7 Å². The highest BCUT2D eigenvalue weighted by atomic mass is 32.2. The fraction of sp³-hybridized carbons (Fsp3) is 0.393. The largest absolute Gasteiger partial charge is 0.451 e. The third-order valence-electron chi connectivity index (χ3n) is 8.00. The first-order valence-corrected chi connectivity index (χ1v) is 16.6. The number of sulfonamides is 1. The Labute approximate surface area is 262 Å². The van der Waals surface area contributed by atoms with E-state index in [0.717, 1.165) is 22.4 Å². The number of rotatable bonds is 7. The van der Waals surface area contributed by atoms with Gasteiger partial charge in [-0.25, -0.2) is 18.2 Å². The van der Waals surface area contributed by atoms with Crippen molar-refractivity contribution in [1.29, 1.82) is 0 Å². The molecular weight excluding hydrogens is 621 g/mol. The van der Waals surface area contributed by atoms with Gasteiger partial charge in [-0.05, 0) is 42.3 Å². The molecule has 4 N–H and O–H groups in total. The van der Waals surface area contributed by atoms with E-state index in [1.54, 1.807) is 35.2 Å². The quantitative estimate of drug-likeness (QED) is 0.193. The maximum absolute atomic E-state index is 13.9. The van der Waals surface area contributed by atoms with Gasteiger partial charge < -0.3 is 20.7 Å². The number of carbonyl (C=O) groups excluding carboxylic acids is 2. The Morgan fingerprint density at radius 1 is 1.18 bits per heavy atom. The van der Waals surface area contributed by atoms with E-state index in [1.165, 1.54) is 28.8 Å². The van der Waals surface area contributed by atoms with Crippen LogP contribution >= 0.6 is 11.3 Å². The lowest BCUT2D eigenvalue weighted by Crippen LogP contribution is -2.56. The normalized spacial score (nSPS) is 19.4. The van der Waals surface area contributed by atoms with Gasteiger partial charge in [0.15, 0.2) is 10.8 Å². The van der Waals surface area contributed by atoms with Gasteiger partial charge in [-0.15, -0.1) is 21.5 Å². The van der Waals surface area contributed by atoms with Crippen LogP contribution in [0.1, 0.15) is 45.1 Å². The number of amides is 2. The topological polar surface area (TPSA) is 202 Å². The van der Waals surface area contributed by atoms with Crippen LogP contribution in [-0.4, -0.2) is 99.9 Å². The Bertz CT molecular complexity index is 1880. The number of hydrogen-bond donors (Lipinski definition) is 3. The van der Waals surface area contributed by atoms with Gasteiger partial charge in [-0.2, -0.15) is 14.5 Å². The first-order chi connectivity index (χ1) is 21.6. The lowest BCUT2D eigenvalue weighted by atomic mass is 10.1. The number of aliphatic imine (C=N–C) groups is 1. The zero-order valence-corrected chi connectivity index (χ0v) is 26.3. The Kier molecular flexibility index (Phi) is 8.59. The van der Waals surface area contributed by atoms with Crippen molar-refractivity contribution in [1.82, 2.24) is 40.1 Å². The Morgan fingerprint density at radius 3 is 2.76 bits per heavy atom. The van der Waals surface area contributed by atoms with Crippen LogP contribution in [-0.2, 0) is 34.1 Å². The monoisotopic (exact) mass is 652 g/mol. The molecule has 45 heavy (non-hydrogen) atoms. The van der Waals surface area contributed by atoms with Crippen LogP contribution in [0.4, 0.5) is 4.79 Å². The van der Waals surface area contributed by atoms with E-state index >= 15 is 0 Å². The molecule has 15 nitrogen and oxygen atoms in total. The van der Waals surface area contributed by atoms with Gasteiger partial charge in [0.1, 0.15) is 5.84 Å². The number of methoxy groups -OCH3 is 1. The number of piperazine rings is 1. The van der Waals surface area contributed by atoms with Crippen molar-refractivity contribution < 1.29 is 22.7 Å². The van der Waals surface area contributed by atoms with Crippen LogP contribution in [0, 0.1) is 0 Å². The number of benzene rings is 2. The maximum Gasteiger partial charge on any atom is 0.435 e. The number of aromatic amines is 1. The summed E-state index contributed by atoms with van der Waals surface area (Å²) in [5, 5.41) is 19.3. The number of fused-ring (bicyclic) bond motifs is 2. The van der Waals surface area contributed by atoms with E-state index in [2.05, 4.69) is 47.6 Å². The third kappa shape index (κ3) is 6.42. The predicted octanol–water partition coefficient (Wildman–Crippen LogP) is 1.46. The minimum absolute atomic E-state index is 0.0103. The summed E-state index contributed by atoms with van der Waals surface area (Å²) in [4.78, 5) is 36.5. The molecule has 4 aromatic rings. The van der Waals surface area contributed by atoms with Crippen LogP contribution in [0.5, 0.6) is 0 Å². The summed E-state index contributed by atoms with van der Waals surface area (Å²) in [6, 6.07) is 9.78. The van der Waals surface area contributed by atoms with Crippen LogP contribution in [0.25, 0.3) is 10.8 Å². The zero-order chi connectivity index (χ0) is 31.7. The van der Waals surface area contributed by atoms with Gasteiger partial charge in [0.05, 0.1) is 17.7 Å². The molecule has 17 heteroatoms. The van der Waals surface area contributed by atoms with Crippen LogP contribution in [0.3, 0.4) is 0 Å². The lowest BCUT2D eigenvalue weighted by Gasteiger charge is -2.40.